The third-order valence-electron chi connectivity index (χ3n) is 4.78. The van der Waals surface area contributed by atoms with Crippen molar-refractivity contribution in [3.63, 3.8) is 0 Å². The van der Waals surface area contributed by atoms with Crippen molar-refractivity contribution in [3.8, 4) is 28.5 Å². The molecule has 2 heterocycles. The van der Waals surface area contributed by atoms with Crippen LogP contribution in [0.2, 0.25) is 0 Å². The normalized spacial score (nSPS) is 12.5. The van der Waals surface area contributed by atoms with Crippen molar-refractivity contribution in [2.75, 3.05) is 31.5 Å². The average molecular weight is 439 g/mol. The fraction of sp³-hybridized carbons (Fsp3) is 0.227. The number of amides is 2. The van der Waals surface area contributed by atoms with E-state index in [1.54, 1.807) is 32.4 Å². The zero-order valence-electron chi connectivity index (χ0n) is 17.1. The Balaban J connectivity index is 1.37. The van der Waals surface area contributed by atoms with Crippen LogP contribution in [0.1, 0.15) is 12.0 Å². The van der Waals surface area contributed by atoms with Crippen LogP contribution >= 0.6 is 11.3 Å². The molecule has 1 aliphatic heterocycles. The molecule has 8 nitrogen and oxygen atoms in total. The first kappa shape index (κ1) is 20.7. The van der Waals surface area contributed by atoms with Gasteiger partial charge in [-0.05, 0) is 42.3 Å². The lowest BCUT2D eigenvalue weighted by atomic mass is 10.0. The Morgan fingerprint density at radius 1 is 1.13 bits per heavy atom. The highest BCUT2D eigenvalue weighted by molar-refractivity contribution is 7.14. The predicted molar refractivity (Wildman–Crippen MR) is 118 cm³/mol. The third-order valence-corrected chi connectivity index (χ3v) is 5.54. The molecule has 3 aromatic rings. The zero-order valence-corrected chi connectivity index (χ0v) is 17.9. The summed E-state index contributed by atoms with van der Waals surface area (Å²) in [5, 5.41) is 7.88. The standard InChI is InChI=1S/C22H21N3O5S/c1-28-14-4-6-16(19(10-14)29-2)18-12-31-22(24-18)25-21(27)11-30-15-5-7-17-13(9-15)3-8-20(26)23-17/h4-7,9-10,12H,3,8,11H2,1-2H3,(H,23,26)(H,24,25,27). The van der Waals surface area contributed by atoms with Gasteiger partial charge in [0.1, 0.15) is 17.2 Å². The number of ether oxygens (including phenoxy) is 3. The van der Waals surface area contributed by atoms with Crippen molar-refractivity contribution in [1.82, 2.24) is 4.98 Å². The minimum atomic E-state index is -0.311. The van der Waals surface area contributed by atoms with Crippen molar-refractivity contribution >= 4 is 34.0 Å². The molecule has 2 aromatic carbocycles. The van der Waals surface area contributed by atoms with Gasteiger partial charge in [0.25, 0.3) is 5.91 Å². The number of benzene rings is 2. The molecule has 0 fully saturated rings. The molecule has 0 saturated carbocycles. The summed E-state index contributed by atoms with van der Waals surface area (Å²) in [5.74, 6) is 1.60. The largest absolute Gasteiger partial charge is 0.497 e. The zero-order chi connectivity index (χ0) is 21.8. The highest BCUT2D eigenvalue weighted by Gasteiger charge is 2.16. The average Bonchev–Trinajstić information content (AvgIpc) is 3.25. The number of thiazole rings is 1. The number of nitrogens with zero attached hydrogens (tertiary/aromatic N) is 1. The SMILES string of the molecule is COc1ccc(-c2csc(NC(=O)COc3ccc4c(c3)CCC(=O)N4)n2)c(OC)c1. The van der Waals surface area contributed by atoms with E-state index in [0.717, 1.165) is 16.8 Å². The van der Waals surface area contributed by atoms with Crippen LogP contribution in [0.15, 0.2) is 41.8 Å². The smallest absolute Gasteiger partial charge is 0.264 e. The lowest BCUT2D eigenvalue weighted by molar-refractivity contribution is -0.118. The highest BCUT2D eigenvalue weighted by Crippen LogP contribution is 2.35. The molecule has 0 radical (unpaired) electrons. The lowest BCUT2D eigenvalue weighted by Gasteiger charge is -2.17. The van der Waals surface area contributed by atoms with Crippen molar-refractivity contribution in [2.24, 2.45) is 0 Å². The highest BCUT2D eigenvalue weighted by atomic mass is 32.1. The molecular weight excluding hydrogens is 418 g/mol. The van der Waals surface area contributed by atoms with E-state index in [4.69, 9.17) is 14.2 Å². The summed E-state index contributed by atoms with van der Waals surface area (Å²) in [6, 6.07) is 10.8. The maximum absolute atomic E-state index is 12.3. The van der Waals surface area contributed by atoms with Gasteiger partial charge in [-0.25, -0.2) is 4.98 Å². The Hall–Kier alpha value is -3.59. The van der Waals surface area contributed by atoms with Gasteiger partial charge in [0, 0.05) is 29.1 Å². The number of methoxy groups -OCH3 is 2. The Labute approximate surface area is 183 Å². The maximum Gasteiger partial charge on any atom is 0.264 e. The molecule has 31 heavy (non-hydrogen) atoms. The molecular formula is C22H21N3O5S. The van der Waals surface area contributed by atoms with Crippen LogP contribution in [0, 0.1) is 0 Å². The molecule has 160 valence electrons. The first-order chi connectivity index (χ1) is 15.1. The van der Waals surface area contributed by atoms with E-state index < -0.39 is 0 Å². The van der Waals surface area contributed by atoms with Gasteiger partial charge < -0.3 is 19.5 Å². The third kappa shape index (κ3) is 4.77. The van der Waals surface area contributed by atoms with E-state index >= 15 is 0 Å². The van der Waals surface area contributed by atoms with Crippen LogP contribution < -0.4 is 24.8 Å². The van der Waals surface area contributed by atoms with E-state index in [2.05, 4.69) is 15.6 Å². The fourth-order valence-corrected chi connectivity index (χ4v) is 3.95. The quantitative estimate of drug-likeness (QED) is 0.582. The Bertz CT molecular complexity index is 1130. The molecule has 0 unspecified atom stereocenters. The summed E-state index contributed by atoms with van der Waals surface area (Å²) in [6.45, 7) is -0.147. The number of fused-ring (bicyclic) bond motifs is 1. The summed E-state index contributed by atoms with van der Waals surface area (Å²) >= 11 is 1.32. The van der Waals surface area contributed by atoms with E-state index in [1.807, 2.05) is 23.6 Å². The molecule has 4 rings (SSSR count). The number of hydrogen-bond acceptors (Lipinski definition) is 7. The van der Waals surface area contributed by atoms with Crippen LogP contribution in [-0.4, -0.2) is 37.6 Å². The fourth-order valence-electron chi connectivity index (χ4n) is 3.22. The van der Waals surface area contributed by atoms with Crippen LogP contribution in [0.25, 0.3) is 11.3 Å². The molecule has 1 aromatic heterocycles. The van der Waals surface area contributed by atoms with Gasteiger partial charge in [-0.3, -0.25) is 14.9 Å². The number of aryl methyl sites for hydroxylation is 1. The molecule has 0 saturated heterocycles. The minimum absolute atomic E-state index is 0.00984. The van der Waals surface area contributed by atoms with Gasteiger partial charge in [0.15, 0.2) is 11.7 Å². The van der Waals surface area contributed by atoms with Crippen LogP contribution in [-0.2, 0) is 16.0 Å². The monoisotopic (exact) mass is 439 g/mol. The second-order valence-corrected chi connectivity index (χ2v) is 7.67. The second kappa shape index (κ2) is 9.05. The van der Waals surface area contributed by atoms with E-state index in [1.165, 1.54) is 11.3 Å². The lowest BCUT2D eigenvalue weighted by Crippen LogP contribution is -2.21. The van der Waals surface area contributed by atoms with Gasteiger partial charge in [-0.1, -0.05) is 0 Å². The van der Waals surface area contributed by atoms with Gasteiger partial charge in [0.2, 0.25) is 5.91 Å². The number of hydrogen-bond donors (Lipinski definition) is 2. The van der Waals surface area contributed by atoms with Crippen molar-refractivity contribution in [2.45, 2.75) is 12.8 Å². The molecule has 1 aliphatic rings. The van der Waals surface area contributed by atoms with E-state index in [9.17, 15) is 9.59 Å². The first-order valence-electron chi connectivity index (χ1n) is 9.59. The molecule has 0 atom stereocenters. The topological polar surface area (TPSA) is 98.8 Å². The number of carbonyl (C=O) groups is 2. The molecule has 2 N–H and O–H groups in total. The summed E-state index contributed by atoms with van der Waals surface area (Å²) in [6.07, 6.45) is 1.10. The molecule has 0 aliphatic carbocycles. The Morgan fingerprint density at radius 3 is 2.77 bits per heavy atom. The molecule has 0 bridgehead atoms. The maximum atomic E-state index is 12.3. The van der Waals surface area contributed by atoms with Crippen LogP contribution in [0.4, 0.5) is 10.8 Å². The number of aromatic nitrogens is 1. The van der Waals surface area contributed by atoms with Gasteiger partial charge in [-0.15, -0.1) is 11.3 Å². The van der Waals surface area contributed by atoms with Gasteiger partial charge in [0.05, 0.1) is 19.9 Å². The van der Waals surface area contributed by atoms with Gasteiger partial charge in [-0.2, -0.15) is 0 Å². The van der Waals surface area contributed by atoms with Gasteiger partial charge >= 0.3 is 0 Å². The van der Waals surface area contributed by atoms with E-state index in [0.29, 0.717) is 40.9 Å². The summed E-state index contributed by atoms with van der Waals surface area (Å²) in [7, 11) is 3.17. The second-order valence-electron chi connectivity index (χ2n) is 6.81. The first-order valence-corrected chi connectivity index (χ1v) is 10.5. The minimum Gasteiger partial charge on any atom is -0.497 e. The number of rotatable bonds is 7. The number of anilines is 2. The van der Waals surface area contributed by atoms with Crippen molar-refractivity contribution in [3.05, 3.63) is 47.3 Å². The van der Waals surface area contributed by atoms with E-state index in [-0.39, 0.29) is 18.4 Å². The predicted octanol–water partition coefficient (Wildman–Crippen LogP) is 3.73. The van der Waals surface area contributed by atoms with Crippen LogP contribution in [0.3, 0.4) is 0 Å². The summed E-state index contributed by atoms with van der Waals surface area (Å²) in [5.41, 5.74) is 3.28. The van der Waals surface area contributed by atoms with Crippen molar-refractivity contribution in [1.29, 1.82) is 0 Å². The summed E-state index contributed by atoms with van der Waals surface area (Å²) in [4.78, 5) is 28.2. The molecule has 9 heteroatoms. The number of carbonyl (C=O) groups excluding carboxylic acids is 2. The van der Waals surface area contributed by atoms with Crippen LogP contribution in [0.5, 0.6) is 17.2 Å². The molecule has 2 amide bonds. The Kier molecular flexibility index (Phi) is 6.03. The van der Waals surface area contributed by atoms with Crippen molar-refractivity contribution < 1.29 is 23.8 Å². The molecule has 0 spiro atoms. The number of nitrogens with one attached hydrogen (secondary N) is 2. The Morgan fingerprint density at radius 2 is 1.97 bits per heavy atom. The summed E-state index contributed by atoms with van der Waals surface area (Å²) < 4.78 is 16.2.